The SMILES string of the molecule is OC(c1ccccc1P(c1ccccc1)c1ccccc1)C(O)c1ccccc1P(c1ccccc1)c1ccccc1. The highest BCUT2D eigenvalue weighted by molar-refractivity contribution is 7.80. The molecule has 0 aliphatic rings. The van der Waals surface area contributed by atoms with Gasteiger partial charge in [-0.15, -0.1) is 0 Å². The van der Waals surface area contributed by atoms with Crippen LogP contribution in [0.1, 0.15) is 23.3 Å². The fourth-order valence-corrected chi connectivity index (χ4v) is 10.4. The van der Waals surface area contributed by atoms with Crippen LogP contribution in [0.4, 0.5) is 0 Å². The zero-order valence-electron chi connectivity index (χ0n) is 23.1. The normalized spacial score (nSPS) is 12.8. The Hall–Kier alpha value is -3.90. The summed E-state index contributed by atoms with van der Waals surface area (Å²) >= 11 is 0. The maximum Gasteiger partial charge on any atom is 0.110 e. The summed E-state index contributed by atoms with van der Waals surface area (Å²) < 4.78 is 0. The molecule has 0 spiro atoms. The molecule has 42 heavy (non-hydrogen) atoms. The molecule has 0 fully saturated rings. The van der Waals surface area contributed by atoms with Crippen molar-refractivity contribution >= 4 is 47.7 Å². The van der Waals surface area contributed by atoms with Crippen molar-refractivity contribution in [2.45, 2.75) is 12.2 Å². The van der Waals surface area contributed by atoms with Gasteiger partial charge >= 0.3 is 0 Å². The molecule has 2 atom stereocenters. The van der Waals surface area contributed by atoms with Gasteiger partial charge in [0.05, 0.1) is 0 Å². The Morgan fingerprint density at radius 1 is 0.310 bits per heavy atom. The summed E-state index contributed by atoms with van der Waals surface area (Å²) in [6, 6.07) is 57.9. The number of hydrogen-bond acceptors (Lipinski definition) is 2. The van der Waals surface area contributed by atoms with E-state index in [0.29, 0.717) is 0 Å². The Balaban J connectivity index is 1.45. The van der Waals surface area contributed by atoms with Gasteiger partial charge in [-0.05, 0) is 58.8 Å². The van der Waals surface area contributed by atoms with E-state index in [1.54, 1.807) is 0 Å². The molecule has 0 saturated heterocycles. The number of aliphatic hydroxyl groups is 2. The van der Waals surface area contributed by atoms with E-state index in [1.165, 1.54) is 21.2 Å². The van der Waals surface area contributed by atoms with Gasteiger partial charge in [0, 0.05) is 0 Å². The molecule has 0 saturated carbocycles. The minimum atomic E-state index is -1.11. The maximum absolute atomic E-state index is 12.0. The first-order chi connectivity index (χ1) is 20.7. The van der Waals surface area contributed by atoms with E-state index in [9.17, 15) is 10.2 Å². The van der Waals surface area contributed by atoms with Gasteiger partial charge in [0.15, 0.2) is 0 Å². The summed E-state index contributed by atoms with van der Waals surface area (Å²) in [4.78, 5) is 0. The monoisotopic (exact) mass is 582 g/mol. The molecule has 0 aliphatic heterocycles. The summed E-state index contributed by atoms with van der Waals surface area (Å²) in [5.74, 6) is 0. The lowest BCUT2D eigenvalue weighted by molar-refractivity contribution is 0.0185. The van der Waals surface area contributed by atoms with Gasteiger partial charge in [-0.25, -0.2) is 0 Å². The third kappa shape index (κ3) is 6.00. The van der Waals surface area contributed by atoms with E-state index in [2.05, 4.69) is 109 Å². The first-order valence-electron chi connectivity index (χ1n) is 14.1. The largest absolute Gasteiger partial charge is 0.385 e. The minimum absolute atomic E-state index is 0.752. The average molecular weight is 583 g/mol. The molecule has 0 aromatic heterocycles. The lowest BCUT2D eigenvalue weighted by Crippen LogP contribution is -2.29. The van der Waals surface area contributed by atoms with Crippen LogP contribution in [0.5, 0.6) is 0 Å². The molecule has 6 aromatic carbocycles. The highest BCUT2D eigenvalue weighted by Gasteiger charge is 2.30. The second kappa shape index (κ2) is 13.4. The van der Waals surface area contributed by atoms with Crippen molar-refractivity contribution in [3.8, 4) is 0 Å². The van der Waals surface area contributed by atoms with Crippen molar-refractivity contribution in [2.75, 3.05) is 0 Å². The molecule has 206 valence electrons. The van der Waals surface area contributed by atoms with Crippen LogP contribution >= 0.6 is 15.8 Å². The van der Waals surface area contributed by atoms with E-state index in [-0.39, 0.29) is 0 Å². The Morgan fingerprint density at radius 2 is 0.548 bits per heavy atom. The highest BCUT2D eigenvalue weighted by atomic mass is 31.1. The van der Waals surface area contributed by atoms with Crippen LogP contribution in [0, 0.1) is 0 Å². The molecule has 6 rings (SSSR count). The smallest absolute Gasteiger partial charge is 0.110 e. The molecule has 0 aliphatic carbocycles. The predicted molar refractivity (Wildman–Crippen MR) is 180 cm³/mol. The standard InChI is InChI=1S/C38H32O2P2/c39-37(33-25-13-15-27-35(33)41(29-17-5-1-6-18-29)30-19-7-2-8-20-30)38(40)34-26-14-16-28-36(34)42(31-21-9-3-10-22-31)32-23-11-4-12-24-32/h1-28,37-40H. The van der Waals surface area contributed by atoms with Gasteiger partial charge in [0.1, 0.15) is 12.2 Å². The fourth-order valence-electron chi connectivity index (χ4n) is 5.39. The second-order valence-corrected chi connectivity index (χ2v) is 14.4. The van der Waals surface area contributed by atoms with Gasteiger partial charge in [0.2, 0.25) is 0 Å². The molecule has 4 heteroatoms. The van der Waals surface area contributed by atoms with Crippen LogP contribution in [-0.2, 0) is 0 Å². The topological polar surface area (TPSA) is 40.5 Å². The Bertz CT molecular complexity index is 1500. The second-order valence-electron chi connectivity index (χ2n) is 10.0. The van der Waals surface area contributed by atoms with Gasteiger partial charge in [-0.2, -0.15) is 0 Å². The number of hydrogen-bond donors (Lipinski definition) is 2. The van der Waals surface area contributed by atoms with Crippen molar-refractivity contribution in [2.24, 2.45) is 0 Å². The molecule has 0 bridgehead atoms. The molecule has 6 aromatic rings. The molecule has 0 radical (unpaired) electrons. The number of rotatable bonds is 9. The van der Waals surface area contributed by atoms with Crippen LogP contribution in [-0.4, -0.2) is 10.2 Å². The minimum Gasteiger partial charge on any atom is -0.385 e. The summed E-state index contributed by atoms with van der Waals surface area (Å²) in [5.41, 5.74) is 1.50. The zero-order valence-corrected chi connectivity index (χ0v) is 24.9. The van der Waals surface area contributed by atoms with Crippen molar-refractivity contribution in [3.63, 3.8) is 0 Å². The number of benzene rings is 6. The lowest BCUT2D eigenvalue weighted by Gasteiger charge is -2.29. The summed E-state index contributed by atoms with van der Waals surface area (Å²) in [5, 5.41) is 30.8. The molecule has 0 heterocycles. The van der Waals surface area contributed by atoms with Crippen LogP contribution in [0.25, 0.3) is 0 Å². The van der Waals surface area contributed by atoms with Crippen LogP contribution < -0.4 is 31.8 Å². The van der Waals surface area contributed by atoms with Crippen molar-refractivity contribution in [3.05, 3.63) is 181 Å². The fraction of sp³-hybridized carbons (Fsp3) is 0.0526. The Morgan fingerprint density at radius 3 is 0.833 bits per heavy atom. The molecular weight excluding hydrogens is 550 g/mol. The summed E-state index contributed by atoms with van der Waals surface area (Å²) in [6.45, 7) is 0. The zero-order chi connectivity index (χ0) is 28.7. The van der Waals surface area contributed by atoms with E-state index < -0.39 is 28.1 Å². The van der Waals surface area contributed by atoms with Gasteiger partial charge in [-0.1, -0.05) is 170 Å². The molecule has 0 amide bonds. The van der Waals surface area contributed by atoms with Gasteiger partial charge in [-0.3, -0.25) is 0 Å². The predicted octanol–water partition coefficient (Wildman–Crippen LogP) is 5.97. The molecule has 2 N–H and O–H groups in total. The first-order valence-corrected chi connectivity index (χ1v) is 16.7. The Kier molecular flexibility index (Phi) is 9.00. The van der Waals surface area contributed by atoms with E-state index in [0.717, 1.165) is 21.7 Å². The average Bonchev–Trinajstić information content (AvgIpc) is 3.07. The summed E-state index contributed by atoms with van der Waals surface area (Å²) in [6.07, 6.45) is -2.22. The van der Waals surface area contributed by atoms with E-state index >= 15 is 0 Å². The van der Waals surface area contributed by atoms with Crippen molar-refractivity contribution < 1.29 is 10.2 Å². The first kappa shape index (κ1) is 28.2. The Labute approximate surface area is 250 Å². The van der Waals surface area contributed by atoms with Crippen molar-refractivity contribution in [1.82, 2.24) is 0 Å². The van der Waals surface area contributed by atoms with Crippen molar-refractivity contribution in [1.29, 1.82) is 0 Å². The van der Waals surface area contributed by atoms with Crippen LogP contribution in [0.3, 0.4) is 0 Å². The van der Waals surface area contributed by atoms with Crippen LogP contribution in [0.15, 0.2) is 170 Å². The van der Waals surface area contributed by atoms with Gasteiger partial charge in [0.25, 0.3) is 0 Å². The van der Waals surface area contributed by atoms with Crippen LogP contribution in [0.2, 0.25) is 0 Å². The highest BCUT2D eigenvalue weighted by Crippen LogP contribution is 2.40. The third-order valence-corrected chi connectivity index (χ3v) is 12.4. The maximum atomic E-state index is 12.0. The van der Waals surface area contributed by atoms with E-state index in [4.69, 9.17) is 0 Å². The quantitative estimate of drug-likeness (QED) is 0.206. The molecular formula is C38H32O2P2. The molecule has 2 nitrogen and oxygen atoms in total. The molecule has 2 unspecified atom stereocenters. The number of aliphatic hydroxyl groups excluding tert-OH is 2. The van der Waals surface area contributed by atoms with E-state index in [1.807, 2.05) is 60.7 Å². The third-order valence-electron chi connectivity index (χ3n) is 7.35. The summed E-state index contributed by atoms with van der Waals surface area (Å²) in [7, 11) is -1.90. The lowest BCUT2D eigenvalue weighted by atomic mass is 9.98. The van der Waals surface area contributed by atoms with Gasteiger partial charge < -0.3 is 10.2 Å².